The van der Waals surface area contributed by atoms with Gasteiger partial charge in [-0.25, -0.2) is 0 Å². The van der Waals surface area contributed by atoms with Crippen molar-refractivity contribution in [3.8, 4) is 0 Å². The summed E-state index contributed by atoms with van der Waals surface area (Å²) < 4.78 is 5.15. The molecule has 0 saturated heterocycles. The van der Waals surface area contributed by atoms with E-state index in [4.69, 9.17) is 40.5 Å². The normalized spacial score (nSPS) is 11.8. The maximum atomic E-state index is 9.60. The fraction of sp³-hybridized carbons (Fsp3) is 0.929. The van der Waals surface area contributed by atoms with Crippen LogP contribution in [0.4, 0.5) is 0 Å². The van der Waals surface area contributed by atoms with Crippen molar-refractivity contribution in [2.24, 2.45) is 10.8 Å². The van der Waals surface area contributed by atoms with Crippen LogP contribution in [-0.2, 0) is 9.53 Å². The molecule has 0 radical (unpaired) electrons. The molecular weight excluding hydrogens is 312 g/mol. The Bertz CT molecular complexity index is 251. The van der Waals surface area contributed by atoms with Gasteiger partial charge in [-0.05, 0) is 6.42 Å². The molecule has 23 heavy (non-hydrogen) atoms. The van der Waals surface area contributed by atoms with Gasteiger partial charge in [0.2, 0.25) is 0 Å². The molecule has 7 N–H and O–H groups in total. The van der Waals surface area contributed by atoms with Crippen LogP contribution >= 0.6 is 0 Å². The third-order valence-corrected chi connectivity index (χ3v) is 3.29. The van der Waals surface area contributed by atoms with Gasteiger partial charge in [-0.15, -0.1) is 0 Å². The SMILES string of the molecule is CCCC(=O)O.OCC(CO)(CO)COCC(CO)(CO)CO. The van der Waals surface area contributed by atoms with E-state index in [0.717, 1.165) is 6.42 Å². The van der Waals surface area contributed by atoms with E-state index < -0.39 is 56.4 Å². The number of rotatable bonds is 12. The van der Waals surface area contributed by atoms with Gasteiger partial charge in [0.15, 0.2) is 0 Å². The molecule has 0 saturated carbocycles. The number of carboxylic acids is 1. The van der Waals surface area contributed by atoms with Crippen LogP contribution in [0.15, 0.2) is 0 Å². The molecule has 0 aromatic rings. The average molecular weight is 342 g/mol. The van der Waals surface area contributed by atoms with Gasteiger partial charge in [0.1, 0.15) is 0 Å². The van der Waals surface area contributed by atoms with Gasteiger partial charge in [0.25, 0.3) is 0 Å². The highest BCUT2D eigenvalue weighted by molar-refractivity contribution is 5.66. The number of hydrogen-bond acceptors (Lipinski definition) is 8. The van der Waals surface area contributed by atoms with Gasteiger partial charge in [0, 0.05) is 6.42 Å². The molecule has 0 heterocycles. The summed E-state index contributed by atoms with van der Waals surface area (Å²) >= 11 is 0. The van der Waals surface area contributed by atoms with Crippen LogP contribution in [0.3, 0.4) is 0 Å². The zero-order valence-electron chi connectivity index (χ0n) is 13.5. The molecule has 0 fully saturated rings. The van der Waals surface area contributed by atoms with E-state index in [1.807, 2.05) is 6.92 Å². The highest BCUT2D eigenvalue weighted by Crippen LogP contribution is 2.19. The summed E-state index contributed by atoms with van der Waals surface area (Å²) in [5.41, 5.74) is -2.32. The third kappa shape index (κ3) is 9.82. The first-order valence-corrected chi connectivity index (χ1v) is 7.29. The molecular formula is C14H30O9. The number of carbonyl (C=O) groups is 1. The Morgan fingerprint density at radius 1 is 0.783 bits per heavy atom. The first-order valence-electron chi connectivity index (χ1n) is 7.29. The second-order valence-corrected chi connectivity index (χ2v) is 5.59. The predicted molar refractivity (Wildman–Crippen MR) is 80.7 cm³/mol. The van der Waals surface area contributed by atoms with Crippen molar-refractivity contribution in [3.63, 3.8) is 0 Å². The van der Waals surface area contributed by atoms with Crippen molar-refractivity contribution in [3.05, 3.63) is 0 Å². The number of aliphatic hydroxyl groups excluding tert-OH is 6. The molecule has 140 valence electrons. The van der Waals surface area contributed by atoms with Crippen LogP contribution in [0, 0.1) is 10.8 Å². The van der Waals surface area contributed by atoms with E-state index in [0.29, 0.717) is 6.42 Å². The minimum absolute atomic E-state index is 0.141. The zero-order chi connectivity index (χ0) is 18.4. The van der Waals surface area contributed by atoms with Gasteiger partial charge in [-0.2, -0.15) is 0 Å². The molecule has 0 aromatic heterocycles. The Hall–Kier alpha value is -0.810. The van der Waals surface area contributed by atoms with E-state index >= 15 is 0 Å². The van der Waals surface area contributed by atoms with Crippen LogP contribution in [0.1, 0.15) is 19.8 Å². The van der Waals surface area contributed by atoms with E-state index in [2.05, 4.69) is 0 Å². The molecule has 0 aromatic carbocycles. The maximum absolute atomic E-state index is 9.60. The lowest BCUT2D eigenvalue weighted by atomic mass is 9.91. The molecule has 0 aliphatic heterocycles. The second kappa shape index (κ2) is 13.6. The number of ether oxygens (including phenoxy) is 1. The van der Waals surface area contributed by atoms with Crippen LogP contribution in [0.2, 0.25) is 0 Å². The van der Waals surface area contributed by atoms with Gasteiger partial charge in [-0.3, -0.25) is 4.79 Å². The van der Waals surface area contributed by atoms with E-state index in [9.17, 15) is 4.79 Å². The third-order valence-electron chi connectivity index (χ3n) is 3.29. The van der Waals surface area contributed by atoms with Crippen molar-refractivity contribution >= 4 is 5.97 Å². The predicted octanol–water partition coefficient (Wildman–Crippen LogP) is -2.20. The smallest absolute Gasteiger partial charge is 0.303 e. The van der Waals surface area contributed by atoms with E-state index in [1.54, 1.807) is 0 Å². The van der Waals surface area contributed by atoms with Crippen molar-refractivity contribution in [2.75, 3.05) is 52.9 Å². The van der Waals surface area contributed by atoms with Gasteiger partial charge in [0.05, 0.1) is 63.7 Å². The molecule has 0 aliphatic rings. The Morgan fingerprint density at radius 2 is 1.09 bits per heavy atom. The Morgan fingerprint density at radius 3 is 1.22 bits per heavy atom. The highest BCUT2D eigenvalue weighted by Gasteiger charge is 2.32. The van der Waals surface area contributed by atoms with Crippen LogP contribution in [0.5, 0.6) is 0 Å². The summed E-state index contributed by atoms with van der Waals surface area (Å²) in [5, 5.41) is 62.1. The average Bonchev–Trinajstić information content (AvgIpc) is 2.57. The largest absolute Gasteiger partial charge is 0.481 e. The standard InChI is InChI=1S/C10H22O7.C4H8O2/c11-1-9(2-12,3-13)7-17-8-10(4-14,5-15)6-16;1-2-3-4(5)6/h11-16H,1-8H2;2-3H2,1H3,(H,5,6). The Balaban J connectivity index is 0. The Kier molecular flexibility index (Phi) is 14.5. The zero-order valence-corrected chi connectivity index (χ0v) is 13.5. The summed E-state index contributed by atoms with van der Waals surface area (Å²) in [5.74, 6) is -0.711. The van der Waals surface area contributed by atoms with Crippen molar-refractivity contribution < 1.29 is 45.3 Å². The van der Waals surface area contributed by atoms with Crippen LogP contribution in [0.25, 0.3) is 0 Å². The lowest BCUT2D eigenvalue weighted by molar-refractivity contribution is -0.137. The number of hydrogen-bond donors (Lipinski definition) is 7. The number of aliphatic carboxylic acids is 1. The second-order valence-electron chi connectivity index (χ2n) is 5.59. The Labute approximate surface area is 135 Å². The minimum Gasteiger partial charge on any atom is -0.481 e. The number of carboxylic acid groups (broad SMARTS) is 1. The van der Waals surface area contributed by atoms with Crippen LogP contribution in [-0.4, -0.2) is 94.6 Å². The first kappa shape index (κ1) is 24.4. The van der Waals surface area contributed by atoms with Gasteiger partial charge in [-0.1, -0.05) is 6.92 Å². The maximum Gasteiger partial charge on any atom is 0.303 e. The molecule has 9 nitrogen and oxygen atoms in total. The lowest BCUT2D eigenvalue weighted by Gasteiger charge is -2.31. The summed E-state index contributed by atoms with van der Waals surface area (Å²) in [7, 11) is 0. The summed E-state index contributed by atoms with van der Waals surface area (Å²) in [6.07, 6.45) is 1.02. The highest BCUT2D eigenvalue weighted by atomic mass is 16.5. The van der Waals surface area contributed by atoms with Gasteiger partial charge < -0.3 is 40.5 Å². The van der Waals surface area contributed by atoms with Crippen molar-refractivity contribution in [1.82, 2.24) is 0 Å². The molecule has 0 amide bonds. The number of aliphatic hydroxyl groups is 6. The van der Waals surface area contributed by atoms with E-state index in [1.165, 1.54) is 0 Å². The van der Waals surface area contributed by atoms with Crippen molar-refractivity contribution in [1.29, 1.82) is 0 Å². The van der Waals surface area contributed by atoms with Gasteiger partial charge >= 0.3 is 5.97 Å². The summed E-state index contributed by atoms with van der Waals surface area (Å²) in [6, 6.07) is 0. The molecule has 9 heteroatoms. The summed E-state index contributed by atoms with van der Waals surface area (Å²) in [4.78, 5) is 9.60. The molecule has 0 spiro atoms. The topological polar surface area (TPSA) is 168 Å². The lowest BCUT2D eigenvalue weighted by Crippen LogP contribution is -2.43. The fourth-order valence-corrected chi connectivity index (χ4v) is 1.27. The summed E-state index contributed by atoms with van der Waals surface area (Å²) in [6.45, 7) is -1.16. The quantitative estimate of drug-likeness (QED) is 0.208. The van der Waals surface area contributed by atoms with Crippen LogP contribution < -0.4 is 0 Å². The molecule has 0 aliphatic carbocycles. The first-order chi connectivity index (χ1) is 10.8. The molecule has 0 bridgehead atoms. The monoisotopic (exact) mass is 342 g/mol. The van der Waals surface area contributed by atoms with E-state index in [-0.39, 0.29) is 13.2 Å². The van der Waals surface area contributed by atoms with Crippen molar-refractivity contribution in [2.45, 2.75) is 19.8 Å². The molecule has 0 rings (SSSR count). The minimum atomic E-state index is -1.16. The molecule has 0 unspecified atom stereocenters. The molecule has 0 atom stereocenters. The fourth-order valence-electron chi connectivity index (χ4n) is 1.27.